The molecule has 0 radical (unpaired) electrons. The van der Waals surface area contributed by atoms with Gasteiger partial charge in [-0.15, -0.1) is 0 Å². The van der Waals surface area contributed by atoms with E-state index in [1.54, 1.807) is 18.2 Å². The summed E-state index contributed by atoms with van der Waals surface area (Å²) in [7, 11) is -4.17. The van der Waals surface area contributed by atoms with Gasteiger partial charge in [0, 0.05) is 13.1 Å². The lowest BCUT2D eigenvalue weighted by atomic mass is 10.1. The number of nitrogens with one attached hydrogen (secondary N) is 1. The summed E-state index contributed by atoms with van der Waals surface area (Å²) in [6.45, 7) is 3.83. The molecule has 3 aromatic carbocycles. The molecule has 0 spiro atoms. The van der Waals surface area contributed by atoms with E-state index in [1.807, 2.05) is 44.2 Å². The van der Waals surface area contributed by atoms with Gasteiger partial charge in [0.15, 0.2) is 0 Å². The van der Waals surface area contributed by atoms with Crippen molar-refractivity contribution in [2.45, 2.75) is 44.2 Å². The van der Waals surface area contributed by atoms with Gasteiger partial charge in [-0.1, -0.05) is 85.6 Å². The zero-order chi connectivity index (χ0) is 27.7. The first-order chi connectivity index (χ1) is 18.2. The van der Waals surface area contributed by atoms with Gasteiger partial charge in [-0.3, -0.25) is 13.9 Å². The molecule has 0 bridgehead atoms. The van der Waals surface area contributed by atoms with Crippen LogP contribution in [-0.2, 0) is 26.2 Å². The van der Waals surface area contributed by atoms with Gasteiger partial charge in [0.1, 0.15) is 12.6 Å². The van der Waals surface area contributed by atoms with E-state index in [0.717, 1.165) is 16.3 Å². The minimum atomic E-state index is -4.17. The van der Waals surface area contributed by atoms with Crippen LogP contribution in [0.1, 0.15) is 32.3 Å². The summed E-state index contributed by atoms with van der Waals surface area (Å²) in [4.78, 5) is 28.4. The van der Waals surface area contributed by atoms with Crippen LogP contribution in [0.4, 0.5) is 5.69 Å². The molecule has 3 rings (SSSR count). The van der Waals surface area contributed by atoms with E-state index in [-0.39, 0.29) is 33.1 Å². The fraction of sp³-hybridized carbons (Fsp3) is 0.286. The van der Waals surface area contributed by atoms with Gasteiger partial charge in [0.25, 0.3) is 10.0 Å². The SMILES string of the molecule is CCCNC(=O)C(CC)N(Cc1ccccc1)C(=O)CN(c1ccc(Cl)c(Cl)c1)S(=O)(=O)c1ccccc1. The van der Waals surface area contributed by atoms with Crippen molar-refractivity contribution in [3.63, 3.8) is 0 Å². The third-order valence-electron chi connectivity index (χ3n) is 5.93. The maximum absolute atomic E-state index is 13.9. The van der Waals surface area contributed by atoms with Gasteiger partial charge in [0.2, 0.25) is 11.8 Å². The van der Waals surface area contributed by atoms with Crippen molar-refractivity contribution >= 4 is 50.7 Å². The van der Waals surface area contributed by atoms with Crippen molar-refractivity contribution in [1.82, 2.24) is 10.2 Å². The quantitative estimate of drug-likeness (QED) is 0.308. The number of carbonyl (C=O) groups excluding carboxylic acids is 2. The Morgan fingerprint density at radius 3 is 2.11 bits per heavy atom. The molecule has 0 saturated heterocycles. The van der Waals surface area contributed by atoms with Crippen LogP contribution in [0.5, 0.6) is 0 Å². The maximum Gasteiger partial charge on any atom is 0.264 e. The first-order valence-corrected chi connectivity index (χ1v) is 14.5. The molecule has 0 fully saturated rings. The predicted octanol–water partition coefficient (Wildman–Crippen LogP) is 5.52. The number of anilines is 1. The highest BCUT2D eigenvalue weighted by molar-refractivity contribution is 7.92. The molecule has 1 N–H and O–H groups in total. The molecule has 0 aliphatic carbocycles. The second kappa shape index (κ2) is 13.6. The molecule has 0 saturated carbocycles. The summed E-state index contributed by atoms with van der Waals surface area (Å²) in [6, 6.07) is 20.7. The number of nitrogens with zero attached hydrogens (tertiary/aromatic N) is 2. The number of sulfonamides is 1. The topological polar surface area (TPSA) is 86.8 Å². The second-order valence-corrected chi connectivity index (χ2v) is 11.3. The minimum absolute atomic E-state index is 0.0150. The van der Waals surface area contributed by atoms with Crippen molar-refractivity contribution in [3.05, 3.63) is 94.5 Å². The molecular weight excluding hydrogens is 545 g/mol. The molecule has 0 aromatic heterocycles. The van der Waals surface area contributed by atoms with E-state index < -0.39 is 28.5 Å². The van der Waals surface area contributed by atoms with Crippen LogP contribution < -0.4 is 9.62 Å². The van der Waals surface area contributed by atoms with Crippen LogP contribution in [0.15, 0.2) is 83.8 Å². The number of halogens is 2. The van der Waals surface area contributed by atoms with E-state index >= 15 is 0 Å². The van der Waals surface area contributed by atoms with Gasteiger partial charge in [0.05, 0.1) is 20.6 Å². The molecule has 38 heavy (non-hydrogen) atoms. The van der Waals surface area contributed by atoms with Crippen LogP contribution in [0, 0.1) is 0 Å². The fourth-order valence-electron chi connectivity index (χ4n) is 3.95. The summed E-state index contributed by atoms with van der Waals surface area (Å²) in [6.07, 6.45) is 1.10. The minimum Gasteiger partial charge on any atom is -0.354 e. The number of hydrogen-bond donors (Lipinski definition) is 1. The maximum atomic E-state index is 13.9. The summed E-state index contributed by atoms with van der Waals surface area (Å²) in [5.74, 6) is -0.816. The Morgan fingerprint density at radius 1 is 0.895 bits per heavy atom. The zero-order valence-corrected chi connectivity index (χ0v) is 23.6. The molecule has 10 heteroatoms. The lowest BCUT2D eigenvalue weighted by Crippen LogP contribution is -2.52. The molecule has 7 nitrogen and oxygen atoms in total. The summed E-state index contributed by atoms with van der Waals surface area (Å²) < 4.78 is 28.5. The number of hydrogen-bond acceptors (Lipinski definition) is 4. The van der Waals surface area contributed by atoms with Crippen molar-refractivity contribution in [2.75, 3.05) is 17.4 Å². The molecule has 3 aromatic rings. The highest BCUT2D eigenvalue weighted by Crippen LogP contribution is 2.31. The summed E-state index contributed by atoms with van der Waals surface area (Å²) in [5.41, 5.74) is 0.995. The molecule has 1 unspecified atom stereocenters. The van der Waals surface area contributed by atoms with Crippen molar-refractivity contribution in [1.29, 1.82) is 0 Å². The Labute approximate surface area is 234 Å². The normalized spacial score (nSPS) is 12.0. The van der Waals surface area contributed by atoms with E-state index in [1.165, 1.54) is 35.2 Å². The third-order valence-corrected chi connectivity index (χ3v) is 8.46. The van der Waals surface area contributed by atoms with Gasteiger partial charge in [-0.05, 0) is 48.7 Å². The highest BCUT2D eigenvalue weighted by Gasteiger charge is 2.33. The Hall–Kier alpha value is -3.07. The van der Waals surface area contributed by atoms with Crippen molar-refractivity contribution in [3.8, 4) is 0 Å². The fourth-order valence-corrected chi connectivity index (χ4v) is 5.67. The average Bonchev–Trinajstić information content (AvgIpc) is 2.92. The Kier molecular flexibility index (Phi) is 10.6. The smallest absolute Gasteiger partial charge is 0.264 e. The predicted molar refractivity (Wildman–Crippen MR) is 152 cm³/mol. The number of carbonyl (C=O) groups is 2. The number of amides is 2. The Bertz CT molecular complexity index is 1340. The first kappa shape index (κ1) is 29.5. The Balaban J connectivity index is 2.05. The van der Waals surface area contributed by atoms with Crippen LogP contribution >= 0.6 is 23.2 Å². The van der Waals surface area contributed by atoms with Gasteiger partial charge in [-0.25, -0.2) is 8.42 Å². The van der Waals surface area contributed by atoms with Gasteiger partial charge in [-0.2, -0.15) is 0 Å². The largest absolute Gasteiger partial charge is 0.354 e. The lowest BCUT2D eigenvalue weighted by molar-refractivity contribution is -0.140. The van der Waals surface area contributed by atoms with Crippen molar-refractivity contribution in [2.24, 2.45) is 0 Å². The standard InChI is InChI=1S/C28H31Cl2N3O4S/c1-3-17-31-28(35)26(4-2)32(19-21-11-7-5-8-12-21)27(34)20-33(22-15-16-24(29)25(30)18-22)38(36,37)23-13-9-6-10-14-23/h5-16,18,26H,3-4,17,19-20H2,1-2H3,(H,31,35). The molecular formula is C28H31Cl2N3O4S. The van der Waals surface area contributed by atoms with Crippen molar-refractivity contribution < 1.29 is 18.0 Å². The molecule has 0 aliphatic rings. The average molecular weight is 577 g/mol. The first-order valence-electron chi connectivity index (χ1n) is 12.3. The van der Waals surface area contributed by atoms with Crippen LogP contribution in [0.3, 0.4) is 0 Å². The van der Waals surface area contributed by atoms with Crippen LogP contribution in [0.2, 0.25) is 10.0 Å². The lowest BCUT2D eigenvalue weighted by Gasteiger charge is -2.33. The summed E-state index contributed by atoms with van der Waals surface area (Å²) in [5, 5.41) is 3.26. The van der Waals surface area contributed by atoms with E-state index in [0.29, 0.717) is 13.0 Å². The highest BCUT2D eigenvalue weighted by atomic mass is 35.5. The number of rotatable bonds is 12. The zero-order valence-electron chi connectivity index (χ0n) is 21.3. The van der Waals surface area contributed by atoms with E-state index in [2.05, 4.69) is 5.32 Å². The van der Waals surface area contributed by atoms with E-state index in [9.17, 15) is 18.0 Å². The van der Waals surface area contributed by atoms with Crippen LogP contribution in [-0.4, -0.2) is 44.3 Å². The van der Waals surface area contributed by atoms with Crippen LogP contribution in [0.25, 0.3) is 0 Å². The molecule has 0 heterocycles. The third kappa shape index (κ3) is 7.28. The van der Waals surface area contributed by atoms with Gasteiger partial charge < -0.3 is 10.2 Å². The molecule has 2 amide bonds. The summed E-state index contributed by atoms with van der Waals surface area (Å²) >= 11 is 12.3. The van der Waals surface area contributed by atoms with E-state index in [4.69, 9.17) is 23.2 Å². The molecule has 0 aliphatic heterocycles. The molecule has 202 valence electrons. The number of benzene rings is 3. The van der Waals surface area contributed by atoms with Gasteiger partial charge >= 0.3 is 0 Å². The Morgan fingerprint density at radius 2 is 1.53 bits per heavy atom. The second-order valence-electron chi connectivity index (χ2n) is 8.65. The molecule has 1 atom stereocenters. The monoisotopic (exact) mass is 575 g/mol.